The molecule has 15 heavy (non-hydrogen) atoms. The smallest absolute Gasteiger partial charge is 0.126 e. The lowest BCUT2D eigenvalue weighted by atomic mass is 10.1. The maximum Gasteiger partial charge on any atom is 0.126 e. The lowest BCUT2D eigenvalue weighted by Gasteiger charge is -2.22. The van der Waals surface area contributed by atoms with Gasteiger partial charge >= 0.3 is 0 Å². The van der Waals surface area contributed by atoms with Crippen LogP contribution in [-0.2, 0) is 6.54 Å². The van der Waals surface area contributed by atoms with E-state index in [2.05, 4.69) is 29.9 Å². The number of hydrogen-bond donors (Lipinski definition) is 0. The molecule has 0 saturated carbocycles. The summed E-state index contributed by atoms with van der Waals surface area (Å²) in [5, 5.41) is 13.4. The molecule has 0 saturated heterocycles. The Morgan fingerprint density at radius 3 is 2.53 bits per heavy atom. The standard InChI is InChI=1S/C11H18N4/c1-4-14(5-2)11(7-12)10-8-13-15(6-3)9-10/h8-9,11H,4-6H2,1-3H3. The molecule has 0 amide bonds. The molecule has 0 bridgehead atoms. The van der Waals surface area contributed by atoms with Crippen LogP contribution in [0.3, 0.4) is 0 Å². The normalized spacial score (nSPS) is 12.7. The third kappa shape index (κ3) is 2.57. The Kier molecular flexibility index (Phi) is 4.32. The summed E-state index contributed by atoms with van der Waals surface area (Å²) in [6.45, 7) is 8.78. The molecule has 0 spiro atoms. The fourth-order valence-electron chi connectivity index (χ4n) is 1.65. The van der Waals surface area contributed by atoms with Crippen molar-refractivity contribution in [1.82, 2.24) is 14.7 Å². The highest BCUT2D eigenvalue weighted by atomic mass is 15.3. The quantitative estimate of drug-likeness (QED) is 0.738. The highest BCUT2D eigenvalue weighted by Crippen LogP contribution is 2.18. The summed E-state index contributed by atoms with van der Waals surface area (Å²) < 4.78 is 1.85. The van der Waals surface area contributed by atoms with E-state index in [9.17, 15) is 0 Å². The van der Waals surface area contributed by atoms with Gasteiger partial charge in [0, 0.05) is 18.3 Å². The van der Waals surface area contributed by atoms with Crippen molar-refractivity contribution in [2.45, 2.75) is 33.4 Å². The number of hydrogen-bond acceptors (Lipinski definition) is 3. The van der Waals surface area contributed by atoms with Crippen LogP contribution in [0.1, 0.15) is 32.4 Å². The Morgan fingerprint density at radius 2 is 2.13 bits per heavy atom. The molecule has 0 N–H and O–H groups in total. The van der Waals surface area contributed by atoms with E-state index in [-0.39, 0.29) is 6.04 Å². The molecular formula is C11H18N4. The summed E-state index contributed by atoms with van der Waals surface area (Å²) in [4.78, 5) is 2.12. The van der Waals surface area contributed by atoms with Crippen LogP contribution in [0.5, 0.6) is 0 Å². The van der Waals surface area contributed by atoms with Crippen molar-refractivity contribution < 1.29 is 0 Å². The Bertz CT molecular complexity index is 333. The first-order chi connectivity index (χ1) is 7.26. The van der Waals surface area contributed by atoms with Crippen LogP contribution in [0.2, 0.25) is 0 Å². The van der Waals surface area contributed by atoms with Crippen molar-refractivity contribution >= 4 is 0 Å². The molecule has 1 unspecified atom stereocenters. The van der Waals surface area contributed by atoms with Gasteiger partial charge in [-0.05, 0) is 20.0 Å². The van der Waals surface area contributed by atoms with Gasteiger partial charge in [0.05, 0.1) is 12.3 Å². The van der Waals surface area contributed by atoms with Gasteiger partial charge in [0.25, 0.3) is 0 Å². The number of nitrogens with zero attached hydrogens (tertiary/aromatic N) is 4. The van der Waals surface area contributed by atoms with Gasteiger partial charge in [-0.2, -0.15) is 10.4 Å². The molecule has 0 aromatic carbocycles. The van der Waals surface area contributed by atoms with E-state index in [1.165, 1.54) is 0 Å². The van der Waals surface area contributed by atoms with Crippen LogP contribution < -0.4 is 0 Å². The third-order valence-corrected chi connectivity index (χ3v) is 2.59. The van der Waals surface area contributed by atoms with Gasteiger partial charge in [0.1, 0.15) is 6.04 Å². The van der Waals surface area contributed by atoms with E-state index in [1.54, 1.807) is 6.20 Å². The first-order valence-electron chi connectivity index (χ1n) is 5.42. The fourth-order valence-corrected chi connectivity index (χ4v) is 1.65. The molecule has 1 aromatic heterocycles. The highest BCUT2D eigenvalue weighted by molar-refractivity contribution is 5.18. The Hall–Kier alpha value is -1.34. The minimum Gasteiger partial charge on any atom is -0.285 e. The molecule has 4 heteroatoms. The van der Waals surface area contributed by atoms with E-state index in [0.717, 1.165) is 25.2 Å². The predicted molar refractivity (Wildman–Crippen MR) is 59.2 cm³/mol. The van der Waals surface area contributed by atoms with Gasteiger partial charge in [-0.15, -0.1) is 0 Å². The van der Waals surface area contributed by atoms with Crippen LogP contribution in [0.4, 0.5) is 0 Å². The van der Waals surface area contributed by atoms with E-state index in [4.69, 9.17) is 5.26 Å². The average molecular weight is 206 g/mol. The molecule has 1 aromatic rings. The number of rotatable bonds is 5. The summed E-state index contributed by atoms with van der Waals surface area (Å²) in [5.74, 6) is 0. The predicted octanol–water partition coefficient (Wildman–Crippen LogP) is 1.81. The molecule has 0 aliphatic rings. The maximum atomic E-state index is 9.17. The summed E-state index contributed by atoms with van der Waals surface area (Å²) in [5.41, 5.74) is 0.989. The van der Waals surface area contributed by atoms with Crippen molar-refractivity contribution in [3.8, 4) is 6.07 Å². The van der Waals surface area contributed by atoms with Crippen molar-refractivity contribution in [2.75, 3.05) is 13.1 Å². The number of aryl methyl sites for hydroxylation is 1. The highest BCUT2D eigenvalue weighted by Gasteiger charge is 2.18. The molecular weight excluding hydrogens is 188 g/mol. The molecule has 1 atom stereocenters. The van der Waals surface area contributed by atoms with Gasteiger partial charge in [-0.3, -0.25) is 9.58 Å². The second-order valence-corrected chi connectivity index (χ2v) is 3.38. The van der Waals surface area contributed by atoms with Crippen LogP contribution in [0.25, 0.3) is 0 Å². The second-order valence-electron chi connectivity index (χ2n) is 3.38. The van der Waals surface area contributed by atoms with Gasteiger partial charge in [-0.1, -0.05) is 13.8 Å². The van der Waals surface area contributed by atoms with Crippen LogP contribution in [0.15, 0.2) is 12.4 Å². The summed E-state index contributed by atoms with van der Waals surface area (Å²) in [7, 11) is 0. The zero-order valence-corrected chi connectivity index (χ0v) is 9.64. The van der Waals surface area contributed by atoms with E-state index in [0.29, 0.717) is 0 Å². The molecule has 1 rings (SSSR count). The molecule has 0 fully saturated rings. The monoisotopic (exact) mass is 206 g/mol. The Balaban J connectivity index is 2.87. The van der Waals surface area contributed by atoms with Crippen LogP contribution >= 0.6 is 0 Å². The topological polar surface area (TPSA) is 44.9 Å². The summed E-state index contributed by atoms with van der Waals surface area (Å²) in [6, 6.07) is 2.16. The van der Waals surface area contributed by atoms with Crippen LogP contribution in [-0.4, -0.2) is 27.8 Å². The maximum absolute atomic E-state index is 9.17. The van der Waals surface area contributed by atoms with Gasteiger partial charge in [0.2, 0.25) is 0 Å². The zero-order chi connectivity index (χ0) is 11.3. The molecule has 0 aliphatic carbocycles. The van der Waals surface area contributed by atoms with Gasteiger partial charge < -0.3 is 0 Å². The first kappa shape index (κ1) is 11.7. The molecule has 1 heterocycles. The van der Waals surface area contributed by atoms with Gasteiger partial charge in [0.15, 0.2) is 0 Å². The molecule has 82 valence electrons. The van der Waals surface area contributed by atoms with Gasteiger partial charge in [-0.25, -0.2) is 0 Å². The zero-order valence-electron chi connectivity index (χ0n) is 9.64. The largest absolute Gasteiger partial charge is 0.285 e. The van der Waals surface area contributed by atoms with Crippen molar-refractivity contribution in [3.05, 3.63) is 18.0 Å². The first-order valence-corrected chi connectivity index (χ1v) is 5.42. The number of aromatic nitrogens is 2. The lowest BCUT2D eigenvalue weighted by molar-refractivity contribution is 0.262. The van der Waals surface area contributed by atoms with E-state index >= 15 is 0 Å². The Morgan fingerprint density at radius 1 is 1.47 bits per heavy atom. The van der Waals surface area contributed by atoms with Crippen molar-refractivity contribution in [2.24, 2.45) is 0 Å². The summed E-state index contributed by atoms with van der Waals surface area (Å²) >= 11 is 0. The second kappa shape index (κ2) is 5.52. The van der Waals surface area contributed by atoms with Crippen molar-refractivity contribution in [1.29, 1.82) is 5.26 Å². The van der Waals surface area contributed by atoms with E-state index < -0.39 is 0 Å². The SMILES string of the molecule is CCN(CC)C(C#N)c1cnn(CC)c1. The van der Waals surface area contributed by atoms with E-state index in [1.807, 2.05) is 17.8 Å². The molecule has 4 nitrogen and oxygen atoms in total. The lowest BCUT2D eigenvalue weighted by Crippen LogP contribution is -2.27. The minimum atomic E-state index is -0.166. The Labute approximate surface area is 91.1 Å². The average Bonchev–Trinajstić information content (AvgIpc) is 2.73. The molecule has 0 radical (unpaired) electrons. The van der Waals surface area contributed by atoms with Crippen molar-refractivity contribution in [3.63, 3.8) is 0 Å². The van der Waals surface area contributed by atoms with Crippen LogP contribution in [0, 0.1) is 11.3 Å². The summed E-state index contributed by atoms with van der Waals surface area (Å²) in [6.07, 6.45) is 3.74. The third-order valence-electron chi connectivity index (χ3n) is 2.59. The number of nitriles is 1. The fraction of sp³-hybridized carbons (Fsp3) is 0.636. The molecule has 0 aliphatic heterocycles. The minimum absolute atomic E-state index is 0.166.